The number of nitrogens with zero attached hydrogens (tertiary/aromatic N) is 4. The molecule has 1 aromatic heterocycles. The van der Waals surface area contributed by atoms with Crippen LogP contribution in [0, 0.1) is 0 Å². The first-order valence-corrected chi connectivity index (χ1v) is 9.96. The molecule has 0 bridgehead atoms. The van der Waals surface area contributed by atoms with Crippen LogP contribution in [0.1, 0.15) is 24.5 Å². The predicted octanol–water partition coefficient (Wildman–Crippen LogP) is 2.83. The average molecular weight is 358 g/mol. The summed E-state index contributed by atoms with van der Waals surface area (Å²) in [6.07, 6.45) is 5.03. The van der Waals surface area contributed by atoms with Crippen molar-refractivity contribution in [2.75, 3.05) is 25.9 Å². The summed E-state index contributed by atoms with van der Waals surface area (Å²) < 4.78 is 1.96. The SMILES string of the molecule is CCC1CN(C(=NC)NCc2ccccc2Cn2cccn2)CCS1. The van der Waals surface area contributed by atoms with E-state index in [1.165, 1.54) is 23.3 Å². The van der Waals surface area contributed by atoms with E-state index in [4.69, 9.17) is 0 Å². The number of nitrogens with one attached hydrogen (secondary N) is 1. The minimum Gasteiger partial charge on any atom is -0.352 e. The quantitative estimate of drug-likeness (QED) is 0.660. The van der Waals surface area contributed by atoms with Gasteiger partial charge in [0, 0.05) is 50.1 Å². The molecule has 3 rings (SSSR count). The third kappa shape index (κ3) is 4.78. The molecule has 1 aliphatic rings. The van der Waals surface area contributed by atoms with Crippen LogP contribution in [-0.4, -0.2) is 51.8 Å². The Morgan fingerprint density at radius 1 is 1.32 bits per heavy atom. The largest absolute Gasteiger partial charge is 0.352 e. The molecule has 1 N–H and O–H groups in total. The molecule has 0 aliphatic carbocycles. The van der Waals surface area contributed by atoms with Gasteiger partial charge in [0.2, 0.25) is 0 Å². The van der Waals surface area contributed by atoms with E-state index in [1.807, 2.05) is 30.2 Å². The number of benzene rings is 1. The van der Waals surface area contributed by atoms with Gasteiger partial charge in [-0.2, -0.15) is 16.9 Å². The number of aliphatic imine (C=N–C) groups is 1. The molecule has 6 heteroatoms. The van der Waals surface area contributed by atoms with Crippen molar-refractivity contribution in [1.82, 2.24) is 20.0 Å². The van der Waals surface area contributed by atoms with Crippen LogP contribution in [0.3, 0.4) is 0 Å². The first-order chi connectivity index (χ1) is 12.3. The van der Waals surface area contributed by atoms with Gasteiger partial charge in [-0.3, -0.25) is 9.67 Å². The van der Waals surface area contributed by atoms with E-state index in [0.29, 0.717) is 5.25 Å². The van der Waals surface area contributed by atoms with Crippen LogP contribution in [0.2, 0.25) is 0 Å². The van der Waals surface area contributed by atoms with Gasteiger partial charge in [0.1, 0.15) is 0 Å². The zero-order valence-corrected chi connectivity index (χ0v) is 15.9. The Morgan fingerprint density at radius 2 is 2.16 bits per heavy atom. The topological polar surface area (TPSA) is 45.5 Å². The number of rotatable bonds is 5. The van der Waals surface area contributed by atoms with Crippen LogP contribution >= 0.6 is 11.8 Å². The lowest BCUT2D eigenvalue weighted by Gasteiger charge is -2.34. The molecule has 0 spiro atoms. The van der Waals surface area contributed by atoms with Crippen molar-refractivity contribution in [1.29, 1.82) is 0 Å². The van der Waals surface area contributed by atoms with E-state index in [9.17, 15) is 0 Å². The summed E-state index contributed by atoms with van der Waals surface area (Å²) in [6.45, 7) is 5.99. The highest BCUT2D eigenvalue weighted by atomic mass is 32.2. The zero-order chi connectivity index (χ0) is 17.5. The third-order valence-corrected chi connectivity index (χ3v) is 5.92. The van der Waals surface area contributed by atoms with Crippen LogP contribution in [-0.2, 0) is 13.1 Å². The summed E-state index contributed by atoms with van der Waals surface area (Å²) in [6, 6.07) is 10.5. The number of hydrogen-bond acceptors (Lipinski definition) is 3. The molecule has 5 nitrogen and oxygen atoms in total. The van der Waals surface area contributed by atoms with Gasteiger partial charge in [0.15, 0.2) is 5.96 Å². The van der Waals surface area contributed by atoms with Crippen molar-refractivity contribution in [2.45, 2.75) is 31.7 Å². The smallest absolute Gasteiger partial charge is 0.193 e. The normalized spacial score (nSPS) is 18.4. The molecule has 1 fully saturated rings. The second kappa shape index (κ2) is 8.94. The minimum atomic E-state index is 0.708. The average Bonchev–Trinajstić information content (AvgIpc) is 3.17. The molecule has 134 valence electrons. The molecule has 2 aromatic rings. The Kier molecular flexibility index (Phi) is 6.39. The van der Waals surface area contributed by atoms with Gasteiger partial charge in [-0.15, -0.1) is 0 Å². The van der Waals surface area contributed by atoms with Gasteiger partial charge >= 0.3 is 0 Å². The second-order valence-corrected chi connectivity index (χ2v) is 7.63. The van der Waals surface area contributed by atoms with E-state index in [0.717, 1.165) is 32.1 Å². The van der Waals surface area contributed by atoms with E-state index < -0.39 is 0 Å². The zero-order valence-electron chi connectivity index (χ0n) is 15.1. The number of aromatic nitrogens is 2. The summed E-state index contributed by atoms with van der Waals surface area (Å²) in [7, 11) is 1.88. The van der Waals surface area contributed by atoms with Crippen LogP contribution in [0.15, 0.2) is 47.7 Å². The van der Waals surface area contributed by atoms with Crippen molar-refractivity contribution in [3.05, 3.63) is 53.9 Å². The van der Waals surface area contributed by atoms with E-state index in [2.05, 4.69) is 63.3 Å². The molecule has 1 unspecified atom stereocenters. The number of guanidine groups is 1. The predicted molar refractivity (Wildman–Crippen MR) is 106 cm³/mol. The van der Waals surface area contributed by atoms with E-state index >= 15 is 0 Å². The van der Waals surface area contributed by atoms with Crippen LogP contribution < -0.4 is 5.32 Å². The highest BCUT2D eigenvalue weighted by molar-refractivity contribution is 8.00. The standard InChI is InChI=1S/C19H27N5S/c1-3-18-15-23(11-12-25-18)19(20-2)21-13-16-7-4-5-8-17(16)14-24-10-6-9-22-24/h4-10,18H,3,11-15H2,1-2H3,(H,20,21). The molecule has 1 atom stereocenters. The lowest BCUT2D eigenvalue weighted by atomic mass is 10.1. The van der Waals surface area contributed by atoms with Crippen LogP contribution in [0.4, 0.5) is 0 Å². The Hall–Kier alpha value is -1.95. The monoisotopic (exact) mass is 357 g/mol. The van der Waals surface area contributed by atoms with Crippen molar-refractivity contribution in [2.24, 2.45) is 4.99 Å². The van der Waals surface area contributed by atoms with E-state index in [-0.39, 0.29) is 0 Å². The molecule has 0 amide bonds. The first kappa shape index (κ1) is 17.9. The maximum absolute atomic E-state index is 4.51. The summed E-state index contributed by atoms with van der Waals surface area (Å²) in [5.41, 5.74) is 2.58. The van der Waals surface area contributed by atoms with Crippen molar-refractivity contribution in [3.63, 3.8) is 0 Å². The van der Waals surface area contributed by atoms with Gasteiger partial charge in [-0.1, -0.05) is 31.2 Å². The fourth-order valence-electron chi connectivity index (χ4n) is 3.12. The molecule has 0 radical (unpaired) electrons. The van der Waals surface area contributed by atoms with Gasteiger partial charge in [-0.25, -0.2) is 0 Å². The molecule has 2 heterocycles. The maximum Gasteiger partial charge on any atom is 0.193 e. The molecular formula is C19H27N5S. The lowest BCUT2D eigenvalue weighted by molar-refractivity contribution is 0.408. The van der Waals surface area contributed by atoms with Crippen LogP contribution in [0.5, 0.6) is 0 Å². The minimum absolute atomic E-state index is 0.708. The fraction of sp³-hybridized carbons (Fsp3) is 0.474. The summed E-state index contributed by atoms with van der Waals surface area (Å²) in [5.74, 6) is 2.18. The maximum atomic E-state index is 4.51. The Morgan fingerprint density at radius 3 is 2.88 bits per heavy atom. The van der Waals surface area contributed by atoms with Crippen molar-refractivity contribution < 1.29 is 0 Å². The molecule has 25 heavy (non-hydrogen) atoms. The molecule has 1 aliphatic heterocycles. The summed E-state index contributed by atoms with van der Waals surface area (Å²) >= 11 is 2.08. The summed E-state index contributed by atoms with van der Waals surface area (Å²) in [5, 5.41) is 8.58. The number of hydrogen-bond donors (Lipinski definition) is 1. The molecule has 1 saturated heterocycles. The molecular weight excluding hydrogens is 330 g/mol. The lowest BCUT2D eigenvalue weighted by Crippen LogP contribution is -2.47. The van der Waals surface area contributed by atoms with Crippen LogP contribution in [0.25, 0.3) is 0 Å². The molecule has 0 saturated carbocycles. The Balaban J connectivity index is 1.64. The van der Waals surface area contributed by atoms with Gasteiger partial charge in [-0.05, 0) is 23.6 Å². The van der Waals surface area contributed by atoms with E-state index in [1.54, 1.807) is 0 Å². The summed E-state index contributed by atoms with van der Waals surface area (Å²) in [4.78, 5) is 6.90. The van der Waals surface area contributed by atoms with Crippen molar-refractivity contribution in [3.8, 4) is 0 Å². The Bertz CT molecular complexity index is 683. The highest BCUT2D eigenvalue weighted by Crippen LogP contribution is 2.21. The first-order valence-electron chi connectivity index (χ1n) is 8.91. The van der Waals surface area contributed by atoms with Gasteiger partial charge in [0.25, 0.3) is 0 Å². The highest BCUT2D eigenvalue weighted by Gasteiger charge is 2.21. The second-order valence-electron chi connectivity index (χ2n) is 6.22. The van der Waals surface area contributed by atoms with Gasteiger partial charge < -0.3 is 10.2 Å². The number of thioether (sulfide) groups is 1. The third-order valence-electron chi connectivity index (χ3n) is 4.55. The Labute approximate surface area is 154 Å². The molecule has 1 aromatic carbocycles. The fourth-order valence-corrected chi connectivity index (χ4v) is 4.30. The van der Waals surface area contributed by atoms with Gasteiger partial charge in [0.05, 0.1) is 6.54 Å². The van der Waals surface area contributed by atoms with Crippen molar-refractivity contribution >= 4 is 17.7 Å².